The van der Waals surface area contributed by atoms with Crippen molar-refractivity contribution in [2.24, 2.45) is 0 Å². The van der Waals surface area contributed by atoms with Gasteiger partial charge in [-0.15, -0.1) is 0 Å². The van der Waals surface area contributed by atoms with Gasteiger partial charge < -0.3 is 19.7 Å². The quantitative estimate of drug-likeness (QED) is 0.190. The maximum Gasteiger partial charge on any atom is 0.330 e. The van der Waals surface area contributed by atoms with Gasteiger partial charge in [0.2, 0.25) is 0 Å². The maximum absolute atomic E-state index is 12.4. The summed E-state index contributed by atoms with van der Waals surface area (Å²) in [6.45, 7) is 1.75. The van der Waals surface area contributed by atoms with Crippen LogP contribution in [0.15, 0.2) is 21.9 Å². The zero-order valence-electron chi connectivity index (χ0n) is 21.9. The Hall–Kier alpha value is -1.97. The Balaban J connectivity index is 1.58. The van der Waals surface area contributed by atoms with E-state index in [0.717, 1.165) is 29.9 Å². The number of ether oxygens (including phenoxy) is 2. The summed E-state index contributed by atoms with van der Waals surface area (Å²) in [5.74, 6) is -0.488. The lowest BCUT2D eigenvalue weighted by Gasteiger charge is -2.22. The van der Waals surface area contributed by atoms with Gasteiger partial charge in [-0.1, -0.05) is 96.8 Å². The second-order valence-corrected chi connectivity index (χ2v) is 9.91. The summed E-state index contributed by atoms with van der Waals surface area (Å²) in [5, 5.41) is 19.9. The molecule has 0 bridgehead atoms. The van der Waals surface area contributed by atoms with Crippen molar-refractivity contribution in [3.63, 3.8) is 0 Å². The predicted molar refractivity (Wildman–Crippen MR) is 138 cm³/mol. The molecule has 1 aliphatic heterocycles. The van der Waals surface area contributed by atoms with E-state index in [1.165, 1.54) is 76.8 Å². The van der Waals surface area contributed by atoms with Gasteiger partial charge in [0.05, 0.1) is 6.61 Å². The lowest BCUT2D eigenvalue weighted by molar-refractivity contribution is -0.159. The van der Waals surface area contributed by atoms with Crippen LogP contribution in [-0.2, 0) is 14.3 Å². The lowest BCUT2D eigenvalue weighted by atomic mass is 10.0. The van der Waals surface area contributed by atoms with E-state index in [1.807, 2.05) is 0 Å². The molecule has 2 rings (SSSR count). The van der Waals surface area contributed by atoms with E-state index in [9.17, 15) is 24.6 Å². The Morgan fingerprint density at radius 1 is 0.944 bits per heavy atom. The summed E-state index contributed by atoms with van der Waals surface area (Å²) in [6.07, 6.45) is 15.4. The van der Waals surface area contributed by atoms with Crippen molar-refractivity contribution in [2.45, 2.75) is 134 Å². The summed E-state index contributed by atoms with van der Waals surface area (Å²) in [7, 11) is 0. The number of carbonyl (C=O) groups excluding carboxylic acids is 1. The van der Waals surface area contributed by atoms with E-state index >= 15 is 0 Å². The average Bonchev–Trinajstić information content (AvgIpc) is 3.16. The number of carbonyl (C=O) groups is 1. The number of rotatable bonds is 19. The van der Waals surface area contributed by atoms with Gasteiger partial charge in [0.1, 0.15) is 12.2 Å². The molecule has 1 saturated heterocycles. The number of aromatic nitrogens is 2. The molecule has 0 aromatic carbocycles. The Bertz CT molecular complexity index is 853. The number of aliphatic hydroxyl groups excluding tert-OH is 2. The van der Waals surface area contributed by atoms with E-state index in [0.29, 0.717) is 6.42 Å². The molecule has 1 aliphatic rings. The predicted octanol–water partition coefficient (Wildman–Crippen LogP) is 3.96. The van der Waals surface area contributed by atoms with Crippen molar-refractivity contribution >= 4 is 5.97 Å². The Kier molecular flexibility index (Phi) is 14.7. The monoisotopic (exact) mass is 510 g/mol. The van der Waals surface area contributed by atoms with Crippen LogP contribution in [0, 0.1) is 0 Å². The number of esters is 1. The number of H-pyrrole nitrogens is 1. The molecule has 9 heteroatoms. The highest BCUT2D eigenvalue weighted by Crippen LogP contribution is 2.31. The number of unbranched alkanes of at least 4 members (excludes halogenated alkanes) is 14. The SMILES string of the molecule is CCCCCCCCCCCCCCCCCC(=O)O[C@@H]1[C@H](O)[C@@H](CO)O[C@H]1n1ccc(=O)[nH]c1=O. The number of hydrogen-bond acceptors (Lipinski definition) is 7. The highest BCUT2D eigenvalue weighted by molar-refractivity contribution is 5.69. The van der Waals surface area contributed by atoms with Gasteiger partial charge in [0, 0.05) is 18.7 Å². The van der Waals surface area contributed by atoms with Gasteiger partial charge >= 0.3 is 11.7 Å². The molecule has 36 heavy (non-hydrogen) atoms. The molecule has 0 saturated carbocycles. The first-order chi connectivity index (χ1) is 17.5. The molecular weight excluding hydrogens is 464 g/mol. The first kappa shape index (κ1) is 30.3. The highest BCUT2D eigenvalue weighted by atomic mass is 16.6. The molecule has 1 aromatic rings. The molecule has 9 nitrogen and oxygen atoms in total. The van der Waals surface area contributed by atoms with Gasteiger partial charge in [-0.2, -0.15) is 0 Å². The van der Waals surface area contributed by atoms with Crippen molar-refractivity contribution in [2.75, 3.05) is 6.61 Å². The van der Waals surface area contributed by atoms with Crippen molar-refractivity contribution in [3.8, 4) is 0 Å². The molecule has 0 unspecified atom stereocenters. The third kappa shape index (κ3) is 10.6. The Labute approximate surface area is 214 Å². The van der Waals surface area contributed by atoms with E-state index in [4.69, 9.17) is 9.47 Å². The average molecular weight is 511 g/mol. The van der Waals surface area contributed by atoms with Crippen LogP contribution in [0.3, 0.4) is 0 Å². The second kappa shape index (κ2) is 17.5. The number of nitrogens with zero attached hydrogens (tertiary/aromatic N) is 1. The van der Waals surface area contributed by atoms with E-state index in [1.54, 1.807) is 0 Å². The lowest BCUT2D eigenvalue weighted by Crippen LogP contribution is -2.40. The normalized spacial score (nSPS) is 21.6. The fourth-order valence-corrected chi connectivity index (χ4v) is 4.70. The molecule has 206 valence electrons. The van der Waals surface area contributed by atoms with Crippen LogP contribution in [0.2, 0.25) is 0 Å². The van der Waals surface area contributed by atoms with Crippen LogP contribution >= 0.6 is 0 Å². The van der Waals surface area contributed by atoms with Gasteiger partial charge in [0.25, 0.3) is 5.56 Å². The molecule has 1 fully saturated rings. The molecule has 0 spiro atoms. The number of nitrogens with one attached hydrogen (secondary N) is 1. The Morgan fingerprint density at radius 2 is 1.47 bits per heavy atom. The highest BCUT2D eigenvalue weighted by Gasteiger charge is 2.47. The standard InChI is InChI=1S/C27H46N2O7/c1-2-3-4-5-6-7-8-9-10-11-12-13-14-15-16-17-23(32)36-25-24(33)21(20-30)35-26(25)29-19-18-22(31)28-27(29)34/h18-19,21,24-26,30,33H,2-17,20H2,1H3,(H,28,31,34)/t21-,24-,25-,26-/m1/s1. The largest absolute Gasteiger partial charge is 0.455 e. The van der Waals surface area contributed by atoms with Gasteiger partial charge in [-0.3, -0.25) is 19.1 Å². The minimum absolute atomic E-state index is 0.207. The minimum atomic E-state index is -1.29. The number of aliphatic hydroxyl groups is 2. The van der Waals surface area contributed by atoms with Crippen molar-refractivity contribution < 1.29 is 24.5 Å². The third-order valence-corrected chi connectivity index (χ3v) is 6.87. The van der Waals surface area contributed by atoms with Crippen LogP contribution in [0.1, 0.15) is 116 Å². The van der Waals surface area contributed by atoms with Crippen molar-refractivity contribution in [1.82, 2.24) is 9.55 Å². The van der Waals surface area contributed by atoms with Crippen LogP contribution < -0.4 is 11.2 Å². The van der Waals surface area contributed by atoms with Crippen LogP contribution in [0.5, 0.6) is 0 Å². The molecule has 3 N–H and O–H groups in total. The molecule has 4 atom stereocenters. The fraction of sp³-hybridized carbons (Fsp3) is 0.815. The van der Waals surface area contributed by atoms with Crippen LogP contribution in [0.25, 0.3) is 0 Å². The smallest absolute Gasteiger partial charge is 0.330 e. The van der Waals surface area contributed by atoms with Crippen molar-refractivity contribution in [3.05, 3.63) is 33.1 Å². The third-order valence-electron chi connectivity index (χ3n) is 6.87. The molecule has 0 amide bonds. The summed E-state index contributed by atoms with van der Waals surface area (Å²) < 4.78 is 12.0. The molecule has 1 aromatic heterocycles. The van der Waals surface area contributed by atoms with E-state index in [-0.39, 0.29) is 6.42 Å². The zero-order chi connectivity index (χ0) is 26.2. The minimum Gasteiger partial charge on any atom is -0.455 e. The maximum atomic E-state index is 12.4. The molecule has 0 aliphatic carbocycles. The summed E-state index contributed by atoms with van der Waals surface area (Å²) >= 11 is 0. The number of hydrogen-bond donors (Lipinski definition) is 3. The summed E-state index contributed by atoms with van der Waals surface area (Å²) in [6, 6.07) is 1.14. The van der Waals surface area contributed by atoms with Gasteiger partial charge in [0.15, 0.2) is 12.3 Å². The van der Waals surface area contributed by atoms with E-state index in [2.05, 4.69) is 11.9 Å². The second-order valence-electron chi connectivity index (χ2n) is 9.91. The summed E-state index contributed by atoms with van der Waals surface area (Å²) in [4.78, 5) is 38.0. The Morgan fingerprint density at radius 3 is 1.97 bits per heavy atom. The fourth-order valence-electron chi connectivity index (χ4n) is 4.70. The molecule has 2 heterocycles. The zero-order valence-corrected chi connectivity index (χ0v) is 21.9. The van der Waals surface area contributed by atoms with Gasteiger partial charge in [-0.25, -0.2) is 4.79 Å². The van der Waals surface area contributed by atoms with Gasteiger partial charge in [-0.05, 0) is 6.42 Å². The molecule has 0 radical (unpaired) electrons. The first-order valence-electron chi connectivity index (χ1n) is 13.9. The molecular formula is C27H46N2O7. The van der Waals surface area contributed by atoms with Crippen LogP contribution in [0.4, 0.5) is 0 Å². The number of aromatic amines is 1. The first-order valence-corrected chi connectivity index (χ1v) is 13.9. The summed E-state index contributed by atoms with van der Waals surface area (Å²) in [5.41, 5.74) is -1.32. The van der Waals surface area contributed by atoms with Crippen LogP contribution in [-0.4, -0.2) is 50.7 Å². The topological polar surface area (TPSA) is 131 Å². The van der Waals surface area contributed by atoms with Crippen molar-refractivity contribution in [1.29, 1.82) is 0 Å². The van der Waals surface area contributed by atoms with E-state index < -0.39 is 48.4 Å².